The van der Waals surface area contributed by atoms with Crippen LogP contribution in [0.4, 0.5) is 11.4 Å². The van der Waals surface area contributed by atoms with E-state index in [1.54, 1.807) is 31.6 Å². The Kier molecular flexibility index (Phi) is 6.43. The first-order valence-corrected chi connectivity index (χ1v) is 10.2. The van der Waals surface area contributed by atoms with Crippen LogP contribution in [0.5, 0.6) is 5.88 Å². The second kappa shape index (κ2) is 9.00. The molecule has 0 aliphatic carbocycles. The average Bonchev–Trinajstić information content (AvgIpc) is 3.11. The van der Waals surface area contributed by atoms with Crippen molar-refractivity contribution in [3.8, 4) is 17.1 Å². The molecule has 3 N–H and O–H groups in total. The summed E-state index contributed by atoms with van der Waals surface area (Å²) in [7, 11) is 1.59. The lowest BCUT2D eigenvalue weighted by atomic mass is 10.1. The number of aryl methyl sites for hydroxylation is 1. The van der Waals surface area contributed by atoms with E-state index in [-0.39, 0.29) is 6.04 Å². The largest absolute Gasteiger partial charge is 0.481 e. The SMILES string of the molecule is COc1ncccc1-c1cc(NCc2cnc(C)s2)c(NC(C)C)c(C(C)=N)n1. The van der Waals surface area contributed by atoms with Crippen molar-refractivity contribution in [1.29, 1.82) is 5.41 Å². The van der Waals surface area contributed by atoms with Gasteiger partial charge in [-0.15, -0.1) is 11.3 Å². The molecule has 152 valence electrons. The van der Waals surface area contributed by atoms with Crippen LogP contribution in [-0.4, -0.2) is 33.8 Å². The molecule has 29 heavy (non-hydrogen) atoms. The fourth-order valence-corrected chi connectivity index (χ4v) is 3.68. The van der Waals surface area contributed by atoms with Gasteiger partial charge in [0.05, 0.1) is 47.0 Å². The summed E-state index contributed by atoms with van der Waals surface area (Å²) in [6, 6.07) is 5.94. The van der Waals surface area contributed by atoms with Gasteiger partial charge in [0, 0.05) is 23.3 Å². The lowest BCUT2D eigenvalue weighted by Crippen LogP contribution is -2.17. The lowest BCUT2D eigenvalue weighted by molar-refractivity contribution is 0.399. The summed E-state index contributed by atoms with van der Waals surface area (Å²) < 4.78 is 5.42. The van der Waals surface area contributed by atoms with Crippen LogP contribution in [0.3, 0.4) is 0 Å². The zero-order valence-corrected chi connectivity index (χ0v) is 18.1. The molecule has 0 bridgehead atoms. The minimum Gasteiger partial charge on any atom is -0.481 e. The average molecular weight is 411 g/mol. The molecule has 7 nitrogen and oxygen atoms in total. The number of anilines is 2. The summed E-state index contributed by atoms with van der Waals surface area (Å²) >= 11 is 1.66. The maximum absolute atomic E-state index is 8.29. The highest BCUT2D eigenvalue weighted by Crippen LogP contribution is 2.34. The summed E-state index contributed by atoms with van der Waals surface area (Å²) in [5.41, 5.74) is 4.17. The molecule has 0 atom stereocenters. The van der Waals surface area contributed by atoms with Gasteiger partial charge in [-0.2, -0.15) is 0 Å². The molecule has 3 aromatic heterocycles. The molecule has 0 unspecified atom stereocenters. The van der Waals surface area contributed by atoms with Gasteiger partial charge in [-0.3, -0.25) is 0 Å². The first kappa shape index (κ1) is 20.7. The number of rotatable bonds is 8. The molecule has 0 aromatic carbocycles. The molecule has 0 amide bonds. The Hall–Kier alpha value is -3.00. The smallest absolute Gasteiger partial charge is 0.222 e. The summed E-state index contributed by atoms with van der Waals surface area (Å²) in [5.74, 6) is 0.502. The molecular weight excluding hydrogens is 384 g/mol. The van der Waals surface area contributed by atoms with Crippen molar-refractivity contribution in [2.75, 3.05) is 17.7 Å². The highest BCUT2D eigenvalue weighted by Gasteiger charge is 2.18. The quantitative estimate of drug-likeness (QED) is 0.464. The van der Waals surface area contributed by atoms with Crippen molar-refractivity contribution in [2.45, 2.75) is 40.3 Å². The Morgan fingerprint density at radius 3 is 2.72 bits per heavy atom. The van der Waals surface area contributed by atoms with E-state index in [1.165, 1.54) is 0 Å². The molecule has 0 fully saturated rings. The van der Waals surface area contributed by atoms with Crippen LogP contribution in [-0.2, 0) is 6.54 Å². The predicted octanol–water partition coefficient (Wildman–Crippen LogP) is 4.74. The topological polar surface area (TPSA) is 95.8 Å². The molecule has 8 heteroatoms. The number of nitrogens with one attached hydrogen (secondary N) is 3. The second-order valence-corrected chi connectivity index (χ2v) is 8.28. The molecule has 0 saturated carbocycles. The van der Waals surface area contributed by atoms with Gasteiger partial charge in [0.15, 0.2) is 0 Å². The van der Waals surface area contributed by atoms with Crippen LogP contribution in [0.25, 0.3) is 11.3 Å². The van der Waals surface area contributed by atoms with Gasteiger partial charge in [-0.1, -0.05) is 0 Å². The summed E-state index contributed by atoms with van der Waals surface area (Å²) in [6.45, 7) is 8.52. The van der Waals surface area contributed by atoms with E-state index in [0.29, 0.717) is 29.5 Å². The fraction of sp³-hybridized carbons (Fsp3) is 0.333. The number of hydrogen-bond acceptors (Lipinski definition) is 8. The molecule has 0 aliphatic heterocycles. The van der Waals surface area contributed by atoms with Crippen molar-refractivity contribution in [3.63, 3.8) is 0 Å². The maximum Gasteiger partial charge on any atom is 0.222 e. The number of aromatic nitrogens is 3. The number of methoxy groups -OCH3 is 1. The van der Waals surface area contributed by atoms with Gasteiger partial charge >= 0.3 is 0 Å². The van der Waals surface area contributed by atoms with Crippen LogP contribution in [0.1, 0.15) is 36.3 Å². The minimum atomic E-state index is 0.194. The molecule has 0 spiro atoms. The first-order valence-electron chi connectivity index (χ1n) is 9.40. The standard InChI is InChI=1S/C21H26N6OS/c1-12(2)26-20-18(25-11-15-10-24-14(4)29-15)9-17(27-19(20)13(3)22)16-7-6-8-23-21(16)28-5/h6-10,12,22,26H,11H2,1-5H3,(H,25,27). The highest BCUT2D eigenvalue weighted by molar-refractivity contribution is 7.11. The van der Waals surface area contributed by atoms with Crippen molar-refractivity contribution in [2.24, 2.45) is 0 Å². The number of nitrogens with zero attached hydrogens (tertiary/aromatic N) is 3. The summed E-state index contributed by atoms with van der Waals surface area (Å²) in [4.78, 5) is 14.5. The van der Waals surface area contributed by atoms with Gasteiger partial charge in [-0.25, -0.2) is 15.0 Å². The monoisotopic (exact) mass is 410 g/mol. The van der Waals surface area contributed by atoms with Crippen molar-refractivity contribution >= 4 is 28.4 Å². The highest BCUT2D eigenvalue weighted by atomic mass is 32.1. The van der Waals surface area contributed by atoms with E-state index < -0.39 is 0 Å². The van der Waals surface area contributed by atoms with E-state index >= 15 is 0 Å². The van der Waals surface area contributed by atoms with Gasteiger partial charge in [0.2, 0.25) is 5.88 Å². The third-order valence-electron chi connectivity index (χ3n) is 4.17. The predicted molar refractivity (Wildman–Crippen MR) is 119 cm³/mol. The van der Waals surface area contributed by atoms with Crippen LogP contribution in [0, 0.1) is 12.3 Å². The van der Waals surface area contributed by atoms with Gasteiger partial charge in [-0.05, 0) is 45.9 Å². The molecule has 3 heterocycles. The Morgan fingerprint density at radius 1 is 1.31 bits per heavy atom. The lowest BCUT2D eigenvalue weighted by Gasteiger charge is -2.20. The summed E-state index contributed by atoms with van der Waals surface area (Å²) in [5, 5.41) is 16.3. The number of hydrogen-bond donors (Lipinski definition) is 3. The minimum absolute atomic E-state index is 0.194. The van der Waals surface area contributed by atoms with Crippen LogP contribution in [0.2, 0.25) is 0 Å². The Labute approximate surface area is 175 Å². The molecular formula is C21H26N6OS. The summed E-state index contributed by atoms with van der Waals surface area (Å²) in [6.07, 6.45) is 3.57. The third-order valence-corrected chi connectivity index (χ3v) is 5.08. The van der Waals surface area contributed by atoms with Crippen molar-refractivity contribution in [1.82, 2.24) is 15.0 Å². The number of pyridine rings is 2. The van der Waals surface area contributed by atoms with Crippen molar-refractivity contribution in [3.05, 3.63) is 46.2 Å². The molecule has 0 radical (unpaired) electrons. The van der Waals surface area contributed by atoms with Gasteiger partial charge in [0.25, 0.3) is 0 Å². The third kappa shape index (κ3) is 4.89. The fourth-order valence-electron chi connectivity index (χ4n) is 2.95. The van der Waals surface area contributed by atoms with Gasteiger partial charge < -0.3 is 20.8 Å². The Morgan fingerprint density at radius 2 is 2.10 bits per heavy atom. The molecule has 0 aliphatic rings. The van der Waals surface area contributed by atoms with E-state index in [4.69, 9.17) is 15.1 Å². The normalized spacial score (nSPS) is 10.8. The zero-order chi connectivity index (χ0) is 21.0. The Balaban J connectivity index is 2.10. The van der Waals surface area contributed by atoms with Crippen LogP contribution in [0.15, 0.2) is 30.6 Å². The zero-order valence-electron chi connectivity index (χ0n) is 17.3. The van der Waals surface area contributed by atoms with E-state index in [2.05, 4.69) is 34.4 Å². The van der Waals surface area contributed by atoms with Crippen LogP contribution >= 0.6 is 11.3 Å². The van der Waals surface area contributed by atoms with E-state index in [1.807, 2.05) is 31.3 Å². The van der Waals surface area contributed by atoms with Crippen LogP contribution < -0.4 is 15.4 Å². The molecule has 3 rings (SSSR count). The number of thiazole rings is 1. The maximum atomic E-state index is 8.29. The Bertz CT molecular complexity index is 1010. The first-order chi connectivity index (χ1) is 13.9. The van der Waals surface area contributed by atoms with Crippen molar-refractivity contribution < 1.29 is 4.74 Å². The van der Waals surface area contributed by atoms with Gasteiger partial charge in [0.1, 0.15) is 5.69 Å². The molecule has 3 aromatic rings. The van der Waals surface area contributed by atoms with E-state index in [0.717, 1.165) is 26.8 Å². The van der Waals surface area contributed by atoms with E-state index in [9.17, 15) is 0 Å². The second-order valence-electron chi connectivity index (χ2n) is 6.96. The number of ether oxygens (including phenoxy) is 1. The molecule has 0 saturated heterocycles.